The first-order chi connectivity index (χ1) is 6.36. The lowest BCUT2D eigenvalue weighted by molar-refractivity contribution is 0.326. The van der Waals surface area contributed by atoms with Gasteiger partial charge in [0, 0.05) is 0 Å². The summed E-state index contributed by atoms with van der Waals surface area (Å²) in [5.41, 5.74) is 1.26. The third-order valence-electron chi connectivity index (χ3n) is 1.79. The van der Waals surface area contributed by atoms with Gasteiger partial charge < -0.3 is 4.74 Å². The number of ether oxygens (including phenoxy) is 1. The molecule has 0 saturated heterocycles. The smallest absolute Gasteiger partial charge is 0.119 e. The molecule has 0 spiro atoms. The average Bonchev–Trinajstić information content (AvgIpc) is 2.19. The topological polar surface area (TPSA) is 33.0 Å². The molecule has 0 atom stereocenters. The lowest BCUT2D eigenvalue weighted by Gasteiger charge is -2.04. The fourth-order valence-electron chi connectivity index (χ4n) is 1.07. The van der Waals surface area contributed by atoms with Gasteiger partial charge in [0.2, 0.25) is 0 Å². The minimum absolute atomic E-state index is 0.441. The van der Waals surface area contributed by atoms with E-state index in [0.29, 0.717) is 13.0 Å². The maximum absolute atomic E-state index is 8.32. The minimum atomic E-state index is 0.441. The van der Waals surface area contributed by atoms with Crippen molar-refractivity contribution in [3.05, 3.63) is 29.8 Å². The van der Waals surface area contributed by atoms with E-state index < -0.39 is 0 Å². The van der Waals surface area contributed by atoms with Crippen molar-refractivity contribution in [3.8, 4) is 11.8 Å². The highest BCUT2D eigenvalue weighted by Gasteiger charge is 1.94. The van der Waals surface area contributed by atoms with E-state index in [1.54, 1.807) is 0 Å². The van der Waals surface area contributed by atoms with E-state index >= 15 is 0 Å². The Labute approximate surface area is 78.8 Å². The average molecular weight is 175 g/mol. The summed E-state index contributed by atoms with van der Waals surface area (Å²) in [5, 5.41) is 8.32. The second-order valence-electron chi connectivity index (χ2n) is 2.76. The zero-order valence-electron chi connectivity index (χ0n) is 7.79. The van der Waals surface area contributed by atoms with Crippen molar-refractivity contribution in [2.24, 2.45) is 0 Å². The lowest BCUT2D eigenvalue weighted by Crippen LogP contribution is -1.95. The Kier molecular flexibility index (Phi) is 3.84. The van der Waals surface area contributed by atoms with Crippen molar-refractivity contribution >= 4 is 0 Å². The molecule has 0 amide bonds. The van der Waals surface area contributed by atoms with E-state index in [4.69, 9.17) is 10.00 Å². The van der Waals surface area contributed by atoms with E-state index in [1.165, 1.54) is 5.56 Å². The summed E-state index contributed by atoms with van der Waals surface area (Å²) >= 11 is 0. The number of nitrogens with zero attached hydrogens (tertiary/aromatic N) is 1. The van der Waals surface area contributed by atoms with Gasteiger partial charge in [-0.3, -0.25) is 0 Å². The zero-order chi connectivity index (χ0) is 9.52. The Hall–Kier alpha value is -1.49. The van der Waals surface area contributed by atoms with Crippen molar-refractivity contribution in [2.75, 3.05) is 6.61 Å². The molecule has 1 rings (SSSR count). The van der Waals surface area contributed by atoms with Gasteiger partial charge >= 0.3 is 0 Å². The number of hydrogen-bond donors (Lipinski definition) is 0. The highest BCUT2D eigenvalue weighted by atomic mass is 16.5. The van der Waals surface area contributed by atoms with Crippen molar-refractivity contribution in [2.45, 2.75) is 19.8 Å². The lowest BCUT2D eigenvalue weighted by atomic mass is 10.2. The van der Waals surface area contributed by atoms with Gasteiger partial charge in [0.05, 0.1) is 12.5 Å². The maximum atomic E-state index is 8.32. The third kappa shape index (κ3) is 3.16. The standard InChI is InChI=1S/C11H13NO/c1-2-10-5-3-6-11(9-10)13-8-4-7-12/h3,5-6,9H,2,4,8H2,1H3. The van der Waals surface area contributed by atoms with Crippen LogP contribution in [-0.2, 0) is 6.42 Å². The zero-order valence-corrected chi connectivity index (χ0v) is 7.79. The molecule has 1 aromatic rings. The van der Waals surface area contributed by atoms with E-state index in [9.17, 15) is 0 Å². The molecule has 0 radical (unpaired) electrons. The summed E-state index contributed by atoms with van der Waals surface area (Å²) in [6, 6.07) is 10.0. The molecule has 0 aromatic heterocycles. The SMILES string of the molecule is CCc1cccc(OCCC#N)c1. The second kappa shape index (κ2) is 5.21. The van der Waals surface area contributed by atoms with Gasteiger partial charge in [-0.25, -0.2) is 0 Å². The summed E-state index contributed by atoms with van der Waals surface area (Å²) in [6.07, 6.45) is 1.45. The molecule has 0 aliphatic carbocycles. The van der Waals surface area contributed by atoms with Crippen LogP contribution in [0.15, 0.2) is 24.3 Å². The summed E-state index contributed by atoms with van der Waals surface area (Å²) in [5.74, 6) is 0.856. The van der Waals surface area contributed by atoms with Gasteiger partial charge in [-0.1, -0.05) is 19.1 Å². The molecule has 13 heavy (non-hydrogen) atoms. The van der Waals surface area contributed by atoms with E-state index in [1.807, 2.05) is 24.3 Å². The molecule has 0 unspecified atom stereocenters. The molecular formula is C11H13NO. The van der Waals surface area contributed by atoms with Crippen molar-refractivity contribution in [1.82, 2.24) is 0 Å². The Bertz CT molecular complexity index is 301. The Morgan fingerprint density at radius 3 is 3.00 bits per heavy atom. The number of hydrogen-bond acceptors (Lipinski definition) is 2. The van der Waals surface area contributed by atoms with Crippen molar-refractivity contribution < 1.29 is 4.74 Å². The summed E-state index contributed by atoms with van der Waals surface area (Å²) in [4.78, 5) is 0. The quantitative estimate of drug-likeness (QED) is 0.659. The van der Waals surface area contributed by atoms with Gasteiger partial charge in [0.1, 0.15) is 12.4 Å². The van der Waals surface area contributed by atoms with Crippen LogP contribution in [-0.4, -0.2) is 6.61 Å². The molecule has 2 nitrogen and oxygen atoms in total. The molecule has 0 bridgehead atoms. The molecule has 0 heterocycles. The van der Waals surface area contributed by atoms with E-state index in [0.717, 1.165) is 12.2 Å². The van der Waals surface area contributed by atoms with Crippen LogP contribution in [0.1, 0.15) is 18.9 Å². The normalized spacial score (nSPS) is 9.23. The van der Waals surface area contributed by atoms with Crippen LogP contribution in [0, 0.1) is 11.3 Å². The summed E-state index contributed by atoms with van der Waals surface area (Å²) in [6.45, 7) is 2.58. The number of aryl methyl sites for hydroxylation is 1. The summed E-state index contributed by atoms with van der Waals surface area (Å²) in [7, 11) is 0. The van der Waals surface area contributed by atoms with E-state index in [2.05, 4.69) is 13.0 Å². The van der Waals surface area contributed by atoms with Crippen LogP contribution in [0.4, 0.5) is 0 Å². The molecule has 0 fully saturated rings. The molecule has 0 aliphatic rings. The predicted molar refractivity (Wildman–Crippen MR) is 51.5 cm³/mol. The Morgan fingerprint density at radius 1 is 1.46 bits per heavy atom. The molecular weight excluding hydrogens is 162 g/mol. The maximum Gasteiger partial charge on any atom is 0.119 e. The van der Waals surface area contributed by atoms with E-state index in [-0.39, 0.29) is 0 Å². The fraction of sp³-hybridized carbons (Fsp3) is 0.364. The van der Waals surface area contributed by atoms with Crippen molar-refractivity contribution in [3.63, 3.8) is 0 Å². The van der Waals surface area contributed by atoms with Gasteiger partial charge in [-0.15, -0.1) is 0 Å². The van der Waals surface area contributed by atoms with Crippen molar-refractivity contribution in [1.29, 1.82) is 5.26 Å². The highest BCUT2D eigenvalue weighted by Crippen LogP contribution is 2.13. The first-order valence-corrected chi connectivity index (χ1v) is 4.45. The first kappa shape index (κ1) is 9.60. The van der Waals surface area contributed by atoms with Gasteiger partial charge in [0.15, 0.2) is 0 Å². The molecule has 68 valence electrons. The van der Waals surface area contributed by atoms with Gasteiger partial charge in [-0.05, 0) is 24.1 Å². The minimum Gasteiger partial charge on any atom is -0.493 e. The van der Waals surface area contributed by atoms with Crippen LogP contribution < -0.4 is 4.74 Å². The number of benzene rings is 1. The Balaban J connectivity index is 2.52. The van der Waals surface area contributed by atoms with Crippen LogP contribution in [0.2, 0.25) is 0 Å². The molecule has 0 N–H and O–H groups in total. The van der Waals surface area contributed by atoms with Crippen LogP contribution in [0.25, 0.3) is 0 Å². The van der Waals surface area contributed by atoms with Crippen LogP contribution >= 0.6 is 0 Å². The molecule has 0 saturated carbocycles. The predicted octanol–water partition coefficient (Wildman–Crippen LogP) is 2.54. The third-order valence-corrected chi connectivity index (χ3v) is 1.79. The molecule has 0 aliphatic heterocycles. The molecule has 2 heteroatoms. The molecule has 1 aromatic carbocycles. The summed E-state index contributed by atoms with van der Waals surface area (Å²) < 4.78 is 5.37. The van der Waals surface area contributed by atoms with Gasteiger partial charge in [0.25, 0.3) is 0 Å². The van der Waals surface area contributed by atoms with Crippen LogP contribution in [0.5, 0.6) is 5.75 Å². The number of rotatable bonds is 4. The highest BCUT2D eigenvalue weighted by molar-refractivity contribution is 5.28. The van der Waals surface area contributed by atoms with Gasteiger partial charge in [-0.2, -0.15) is 5.26 Å². The second-order valence-corrected chi connectivity index (χ2v) is 2.76. The Morgan fingerprint density at radius 2 is 2.31 bits per heavy atom. The first-order valence-electron chi connectivity index (χ1n) is 4.45. The largest absolute Gasteiger partial charge is 0.493 e. The number of nitriles is 1. The fourth-order valence-corrected chi connectivity index (χ4v) is 1.07. The monoisotopic (exact) mass is 175 g/mol. The van der Waals surface area contributed by atoms with Crippen LogP contribution in [0.3, 0.4) is 0 Å².